The van der Waals surface area contributed by atoms with E-state index < -0.39 is 5.60 Å². The van der Waals surface area contributed by atoms with E-state index >= 15 is 0 Å². The van der Waals surface area contributed by atoms with Crippen LogP contribution in [0.4, 0.5) is 5.69 Å². The molecule has 1 N–H and O–H groups in total. The Morgan fingerprint density at radius 3 is 2.76 bits per heavy atom. The van der Waals surface area contributed by atoms with E-state index in [1.807, 2.05) is 18.2 Å². The van der Waals surface area contributed by atoms with E-state index in [4.69, 9.17) is 4.74 Å². The lowest BCUT2D eigenvalue weighted by molar-refractivity contribution is -0.100. The zero-order chi connectivity index (χ0) is 19.8. The molecule has 1 aromatic heterocycles. The van der Waals surface area contributed by atoms with Gasteiger partial charge in [0, 0.05) is 51.6 Å². The summed E-state index contributed by atoms with van der Waals surface area (Å²) in [5.74, 6) is 0.653. The molecule has 0 spiro atoms. The zero-order valence-electron chi connectivity index (χ0n) is 16.9. The first-order chi connectivity index (χ1) is 14.1. The Hall–Kier alpha value is -1.96. The van der Waals surface area contributed by atoms with Crippen LogP contribution in [0.5, 0.6) is 0 Å². The van der Waals surface area contributed by atoms with E-state index in [0.717, 1.165) is 63.4 Å². The van der Waals surface area contributed by atoms with Gasteiger partial charge in [0.05, 0.1) is 23.8 Å². The monoisotopic (exact) mass is 398 g/mol. The number of benzene rings is 1. The van der Waals surface area contributed by atoms with Gasteiger partial charge in [0.2, 0.25) is 0 Å². The molecule has 0 amide bonds. The van der Waals surface area contributed by atoms with Crippen LogP contribution in [0, 0.1) is 5.92 Å². The summed E-state index contributed by atoms with van der Waals surface area (Å²) in [5.41, 5.74) is 1.26. The second kappa shape index (κ2) is 7.70. The highest BCUT2D eigenvalue weighted by molar-refractivity contribution is 5.81. The van der Waals surface area contributed by atoms with Crippen molar-refractivity contribution in [1.82, 2.24) is 14.5 Å². The topological polar surface area (TPSA) is 70.8 Å². The zero-order valence-corrected chi connectivity index (χ0v) is 16.9. The maximum absolute atomic E-state index is 12.7. The molecular formula is C22H30N4O3. The lowest BCUT2D eigenvalue weighted by Gasteiger charge is -2.41. The third-order valence-corrected chi connectivity index (χ3v) is 6.52. The van der Waals surface area contributed by atoms with E-state index in [0.29, 0.717) is 24.5 Å². The molecule has 1 unspecified atom stereocenters. The molecular weight excluding hydrogens is 368 g/mol. The molecule has 29 heavy (non-hydrogen) atoms. The maximum Gasteiger partial charge on any atom is 0.261 e. The van der Waals surface area contributed by atoms with Gasteiger partial charge in [0.15, 0.2) is 0 Å². The highest BCUT2D eigenvalue weighted by Gasteiger charge is 2.33. The van der Waals surface area contributed by atoms with Crippen molar-refractivity contribution < 1.29 is 9.84 Å². The normalized spacial score (nSPS) is 26.2. The van der Waals surface area contributed by atoms with Crippen molar-refractivity contribution in [3.63, 3.8) is 0 Å². The van der Waals surface area contributed by atoms with Gasteiger partial charge in [-0.2, -0.15) is 0 Å². The van der Waals surface area contributed by atoms with Gasteiger partial charge in [-0.1, -0.05) is 0 Å². The SMILES string of the molecule is O=c1c2ccc(N3CCN(CC4(O)CCCOC4)CC3)cc2ncn1CC1CC1. The molecule has 7 heteroatoms. The minimum atomic E-state index is -0.701. The predicted molar refractivity (Wildman–Crippen MR) is 112 cm³/mol. The van der Waals surface area contributed by atoms with Crippen LogP contribution in [0.1, 0.15) is 25.7 Å². The summed E-state index contributed by atoms with van der Waals surface area (Å²) in [5, 5.41) is 11.4. The number of nitrogens with zero attached hydrogens (tertiary/aromatic N) is 4. The number of anilines is 1. The smallest absolute Gasteiger partial charge is 0.261 e. The number of hydrogen-bond donors (Lipinski definition) is 1. The number of β-amino-alcohol motifs (C(OH)–C–C–N with tert-alkyl or cyclic N) is 1. The quantitative estimate of drug-likeness (QED) is 0.823. The number of hydrogen-bond acceptors (Lipinski definition) is 6. The molecule has 2 aromatic rings. The van der Waals surface area contributed by atoms with Crippen molar-refractivity contribution in [2.45, 2.75) is 37.8 Å². The molecule has 1 aromatic carbocycles. The van der Waals surface area contributed by atoms with Crippen LogP contribution in [-0.2, 0) is 11.3 Å². The number of fused-ring (bicyclic) bond motifs is 1. The van der Waals surface area contributed by atoms with Crippen LogP contribution in [-0.4, -0.2) is 71.1 Å². The molecule has 0 radical (unpaired) electrons. The second-order valence-corrected chi connectivity index (χ2v) is 8.99. The van der Waals surface area contributed by atoms with Gasteiger partial charge in [-0.15, -0.1) is 0 Å². The Morgan fingerprint density at radius 2 is 2.03 bits per heavy atom. The summed E-state index contributed by atoms with van der Waals surface area (Å²) in [6.45, 7) is 6.32. The minimum absolute atomic E-state index is 0.0706. The first-order valence-corrected chi connectivity index (χ1v) is 10.9. The van der Waals surface area contributed by atoms with E-state index in [2.05, 4.69) is 14.8 Å². The number of rotatable bonds is 5. The number of ether oxygens (including phenoxy) is 1. The first kappa shape index (κ1) is 19.0. The number of aromatic nitrogens is 2. The molecule has 1 atom stereocenters. The Labute approximate surface area is 170 Å². The van der Waals surface area contributed by atoms with Crippen LogP contribution in [0.15, 0.2) is 29.3 Å². The minimum Gasteiger partial charge on any atom is -0.386 e. The van der Waals surface area contributed by atoms with E-state index in [-0.39, 0.29) is 5.56 Å². The number of piperazine rings is 1. The Morgan fingerprint density at radius 1 is 1.21 bits per heavy atom. The van der Waals surface area contributed by atoms with Crippen molar-refractivity contribution >= 4 is 16.6 Å². The van der Waals surface area contributed by atoms with Gasteiger partial charge < -0.3 is 14.7 Å². The standard InChI is InChI=1S/C22H30N4O3/c27-21-19-5-4-18(12-20(19)23-16-26(21)13-17-2-3-17)25-9-7-24(8-10-25)14-22(28)6-1-11-29-15-22/h4-5,12,16-17,28H,1-3,6-11,13-15H2. The van der Waals surface area contributed by atoms with Crippen LogP contribution < -0.4 is 10.5 Å². The summed E-state index contributed by atoms with van der Waals surface area (Å²) in [4.78, 5) is 21.9. The van der Waals surface area contributed by atoms with Crippen molar-refractivity contribution in [3.8, 4) is 0 Å². The average Bonchev–Trinajstić information content (AvgIpc) is 3.55. The summed E-state index contributed by atoms with van der Waals surface area (Å²) in [7, 11) is 0. The molecule has 1 saturated carbocycles. The summed E-state index contributed by atoms with van der Waals surface area (Å²) in [6.07, 6.45) is 5.90. The van der Waals surface area contributed by atoms with Crippen molar-refractivity contribution in [1.29, 1.82) is 0 Å². The van der Waals surface area contributed by atoms with Crippen LogP contribution in [0.2, 0.25) is 0 Å². The van der Waals surface area contributed by atoms with Gasteiger partial charge in [-0.25, -0.2) is 4.98 Å². The third-order valence-electron chi connectivity index (χ3n) is 6.52. The number of aliphatic hydroxyl groups is 1. The van der Waals surface area contributed by atoms with Crippen molar-refractivity contribution in [2.24, 2.45) is 5.92 Å². The maximum atomic E-state index is 12.7. The van der Waals surface area contributed by atoms with E-state index in [1.54, 1.807) is 10.9 Å². The van der Waals surface area contributed by atoms with Crippen LogP contribution in [0.3, 0.4) is 0 Å². The summed E-state index contributed by atoms with van der Waals surface area (Å²) >= 11 is 0. The third kappa shape index (κ3) is 4.17. The van der Waals surface area contributed by atoms with Gasteiger partial charge in [-0.05, 0) is 49.8 Å². The highest BCUT2D eigenvalue weighted by Crippen LogP contribution is 2.30. The molecule has 7 nitrogen and oxygen atoms in total. The van der Waals surface area contributed by atoms with Crippen LogP contribution in [0.25, 0.3) is 10.9 Å². The predicted octanol–water partition coefficient (Wildman–Crippen LogP) is 1.47. The molecule has 2 saturated heterocycles. The average molecular weight is 399 g/mol. The molecule has 2 aliphatic heterocycles. The molecule has 0 bridgehead atoms. The van der Waals surface area contributed by atoms with Gasteiger partial charge in [0.25, 0.3) is 5.56 Å². The largest absolute Gasteiger partial charge is 0.386 e. The molecule has 156 valence electrons. The lowest BCUT2D eigenvalue weighted by atomic mass is 9.96. The summed E-state index contributed by atoms with van der Waals surface area (Å²) in [6, 6.07) is 6.01. The van der Waals surface area contributed by atoms with Gasteiger partial charge >= 0.3 is 0 Å². The Kier molecular flexibility index (Phi) is 5.05. The van der Waals surface area contributed by atoms with E-state index in [9.17, 15) is 9.90 Å². The Bertz CT molecular complexity index is 925. The molecule has 1 aliphatic carbocycles. The molecule has 5 rings (SSSR count). The highest BCUT2D eigenvalue weighted by atomic mass is 16.5. The second-order valence-electron chi connectivity index (χ2n) is 8.99. The molecule has 3 heterocycles. The van der Waals surface area contributed by atoms with Gasteiger partial charge in [0.1, 0.15) is 5.60 Å². The lowest BCUT2D eigenvalue weighted by Crippen LogP contribution is -2.54. The fraction of sp³-hybridized carbons (Fsp3) is 0.636. The van der Waals surface area contributed by atoms with Crippen LogP contribution >= 0.6 is 0 Å². The van der Waals surface area contributed by atoms with Crippen molar-refractivity contribution in [2.75, 3.05) is 50.8 Å². The molecule has 3 fully saturated rings. The van der Waals surface area contributed by atoms with E-state index in [1.165, 1.54) is 12.8 Å². The Balaban J connectivity index is 1.25. The fourth-order valence-corrected chi connectivity index (χ4v) is 4.59. The van der Waals surface area contributed by atoms with Gasteiger partial charge in [-0.3, -0.25) is 14.3 Å². The summed E-state index contributed by atoms with van der Waals surface area (Å²) < 4.78 is 7.24. The first-order valence-electron chi connectivity index (χ1n) is 10.9. The fourth-order valence-electron chi connectivity index (χ4n) is 4.59. The van der Waals surface area contributed by atoms with Crippen molar-refractivity contribution in [3.05, 3.63) is 34.9 Å². The molecule has 3 aliphatic rings.